The van der Waals surface area contributed by atoms with Gasteiger partial charge in [0.05, 0.1) is 28.6 Å². The van der Waals surface area contributed by atoms with Gasteiger partial charge in [0.2, 0.25) is 0 Å². The predicted molar refractivity (Wildman–Crippen MR) is 154 cm³/mol. The molecule has 8 nitrogen and oxygen atoms in total. The Morgan fingerprint density at radius 2 is 1.97 bits per heavy atom. The van der Waals surface area contributed by atoms with Crippen LogP contribution in [0, 0.1) is 5.92 Å². The lowest BCUT2D eigenvalue weighted by molar-refractivity contribution is 0.131. The van der Waals surface area contributed by atoms with E-state index in [1.807, 2.05) is 12.3 Å². The minimum Gasteiger partial charge on any atom is -0.391 e. The average Bonchev–Trinajstić information content (AvgIpc) is 3.56. The molecule has 38 heavy (non-hydrogen) atoms. The molecule has 4 N–H and O–H groups in total. The number of anilines is 1. The van der Waals surface area contributed by atoms with Gasteiger partial charge in [-0.3, -0.25) is 0 Å². The summed E-state index contributed by atoms with van der Waals surface area (Å²) < 4.78 is 2.09. The number of fused-ring (bicyclic) bond motifs is 2. The summed E-state index contributed by atoms with van der Waals surface area (Å²) in [5.41, 5.74) is 10.5. The van der Waals surface area contributed by atoms with E-state index >= 15 is 0 Å². The highest BCUT2D eigenvalue weighted by molar-refractivity contribution is 5.86. The van der Waals surface area contributed by atoms with Crippen LogP contribution in [-0.2, 0) is 11.8 Å². The van der Waals surface area contributed by atoms with Crippen molar-refractivity contribution >= 4 is 27.9 Å². The zero-order valence-corrected chi connectivity index (χ0v) is 23.5. The molecule has 4 aromatic rings. The summed E-state index contributed by atoms with van der Waals surface area (Å²) in [6.45, 7) is 13.3. The third-order valence-corrected chi connectivity index (χ3v) is 8.22. The Kier molecular flexibility index (Phi) is 7.47. The third-order valence-electron chi connectivity index (χ3n) is 8.22. The van der Waals surface area contributed by atoms with E-state index in [2.05, 4.69) is 77.2 Å². The average molecular weight is 518 g/mol. The number of aromatic amines is 1. The summed E-state index contributed by atoms with van der Waals surface area (Å²) in [7, 11) is 0. The number of nitrogens with zero attached hydrogens (tertiary/aromatic N) is 5. The molecule has 5 rings (SSSR count). The van der Waals surface area contributed by atoms with Gasteiger partial charge in [-0.05, 0) is 81.2 Å². The maximum atomic E-state index is 10.9. The molecule has 1 aliphatic rings. The van der Waals surface area contributed by atoms with Crippen LogP contribution in [0.2, 0.25) is 0 Å². The van der Waals surface area contributed by atoms with Crippen molar-refractivity contribution < 1.29 is 5.11 Å². The Morgan fingerprint density at radius 1 is 1.16 bits per heavy atom. The van der Waals surface area contributed by atoms with Crippen molar-refractivity contribution in [2.75, 3.05) is 18.8 Å². The maximum absolute atomic E-state index is 10.9. The standard InChI is InChI=1S/C30H43N7O/c1-19(2)36(12-7-6-8-27-34-23-10-9-21(30(3,4)5)16-24(23)35-27)17-20-14-25(26(38)15-20)37-13-11-22-28(31)32-18-33-29(22)37/h9-11,13,16,18-20,25-26,38H,6-8,12,14-15,17H2,1-5H3,(H,34,35)(H2,31,32,33)/t20-,25-,26-/m1/s1. The molecule has 0 radical (unpaired) electrons. The number of aromatic nitrogens is 5. The highest BCUT2D eigenvalue weighted by atomic mass is 16.3. The number of aryl methyl sites for hydroxylation is 1. The molecule has 8 heteroatoms. The highest BCUT2D eigenvalue weighted by Gasteiger charge is 2.36. The molecule has 3 heterocycles. The Labute approximate surface area is 225 Å². The number of H-pyrrole nitrogens is 1. The van der Waals surface area contributed by atoms with E-state index in [0.29, 0.717) is 17.8 Å². The molecule has 1 fully saturated rings. The van der Waals surface area contributed by atoms with Gasteiger partial charge in [-0.25, -0.2) is 15.0 Å². The van der Waals surface area contributed by atoms with Crippen LogP contribution in [0.5, 0.6) is 0 Å². The van der Waals surface area contributed by atoms with Gasteiger partial charge in [0.15, 0.2) is 0 Å². The van der Waals surface area contributed by atoms with Crippen LogP contribution in [0.15, 0.2) is 36.8 Å². The van der Waals surface area contributed by atoms with Gasteiger partial charge >= 0.3 is 0 Å². The summed E-state index contributed by atoms with van der Waals surface area (Å²) in [4.78, 5) is 19.5. The maximum Gasteiger partial charge on any atom is 0.145 e. The van der Waals surface area contributed by atoms with E-state index in [4.69, 9.17) is 10.7 Å². The van der Waals surface area contributed by atoms with Crippen molar-refractivity contribution in [2.24, 2.45) is 5.92 Å². The number of benzene rings is 1. The molecule has 3 aromatic heterocycles. The van der Waals surface area contributed by atoms with Crippen molar-refractivity contribution in [1.82, 2.24) is 29.4 Å². The van der Waals surface area contributed by atoms with Gasteiger partial charge in [-0.15, -0.1) is 0 Å². The molecule has 0 aliphatic heterocycles. The summed E-state index contributed by atoms with van der Waals surface area (Å²) >= 11 is 0. The van der Waals surface area contributed by atoms with Crippen LogP contribution in [0.1, 0.15) is 77.7 Å². The predicted octanol–water partition coefficient (Wildman–Crippen LogP) is 5.23. The van der Waals surface area contributed by atoms with Crippen molar-refractivity contribution in [3.05, 3.63) is 48.2 Å². The highest BCUT2D eigenvalue weighted by Crippen LogP contribution is 2.38. The second-order valence-electron chi connectivity index (χ2n) is 12.4. The molecule has 3 atom stereocenters. The van der Waals surface area contributed by atoms with Crippen LogP contribution in [0.3, 0.4) is 0 Å². The first-order chi connectivity index (χ1) is 18.1. The minimum absolute atomic E-state index is 0.0210. The van der Waals surface area contributed by atoms with Crippen LogP contribution >= 0.6 is 0 Å². The van der Waals surface area contributed by atoms with Crippen molar-refractivity contribution in [3.8, 4) is 0 Å². The largest absolute Gasteiger partial charge is 0.391 e. The first-order valence-corrected chi connectivity index (χ1v) is 14.1. The smallest absolute Gasteiger partial charge is 0.145 e. The summed E-state index contributed by atoms with van der Waals surface area (Å²) in [6.07, 6.45) is 8.04. The zero-order valence-electron chi connectivity index (χ0n) is 23.5. The number of hydrogen-bond donors (Lipinski definition) is 3. The van der Waals surface area contributed by atoms with Gasteiger partial charge in [-0.1, -0.05) is 26.8 Å². The second-order valence-corrected chi connectivity index (χ2v) is 12.4. The number of hydrogen-bond acceptors (Lipinski definition) is 6. The Bertz CT molecular complexity index is 1380. The molecule has 1 saturated carbocycles. The van der Waals surface area contributed by atoms with E-state index in [1.54, 1.807) is 0 Å². The molecule has 0 unspecified atom stereocenters. The monoisotopic (exact) mass is 517 g/mol. The molecule has 204 valence electrons. The first-order valence-electron chi connectivity index (χ1n) is 14.1. The molecular weight excluding hydrogens is 474 g/mol. The van der Waals surface area contributed by atoms with Crippen molar-refractivity contribution in [1.29, 1.82) is 0 Å². The lowest BCUT2D eigenvalue weighted by atomic mass is 9.87. The van der Waals surface area contributed by atoms with Crippen molar-refractivity contribution in [3.63, 3.8) is 0 Å². The third kappa shape index (κ3) is 5.57. The zero-order chi connectivity index (χ0) is 27.0. The molecule has 1 aromatic carbocycles. The van der Waals surface area contributed by atoms with Gasteiger partial charge in [0.1, 0.15) is 23.6 Å². The normalized spacial score (nSPS) is 20.5. The molecule has 0 amide bonds. The van der Waals surface area contributed by atoms with E-state index < -0.39 is 0 Å². The molecule has 1 aliphatic carbocycles. The SMILES string of the molecule is CC(C)N(CCCCc1nc2ccc(C(C)(C)C)cc2[nH]1)C[C@H]1C[C@@H](O)[C@H](n2ccc3c(N)ncnc32)C1. The fourth-order valence-electron chi connectivity index (χ4n) is 5.95. The number of aliphatic hydroxyl groups excluding tert-OH is 1. The quantitative estimate of drug-likeness (QED) is 0.262. The number of nitrogens with one attached hydrogen (secondary N) is 1. The molecule has 0 saturated heterocycles. The van der Waals surface area contributed by atoms with E-state index in [-0.39, 0.29) is 17.6 Å². The number of unbranched alkanes of at least 4 members (excludes halogenated alkanes) is 1. The van der Waals surface area contributed by atoms with Gasteiger partial charge in [0.25, 0.3) is 0 Å². The number of aliphatic hydroxyl groups is 1. The first kappa shape index (κ1) is 26.6. The van der Waals surface area contributed by atoms with Crippen LogP contribution in [-0.4, -0.2) is 59.7 Å². The number of imidazole rings is 1. The summed E-state index contributed by atoms with van der Waals surface area (Å²) in [5.74, 6) is 2.01. The lowest BCUT2D eigenvalue weighted by Gasteiger charge is -2.29. The Morgan fingerprint density at radius 3 is 2.74 bits per heavy atom. The minimum atomic E-state index is -0.382. The fourth-order valence-corrected chi connectivity index (χ4v) is 5.95. The van der Waals surface area contributed by atoms with E-state index in [1.165, 1.54) is 11.9 Å². The number of rotatable bonds is 9. The number of nitrogens with two attached hydrogens (primary N) is 1. The summed E-state index contributed by atoms with van der Waals surface area (Å²) in [5, 5.41) is 11.8. The van der Waals surface area contributed by atoms with Gasteiger partial charge < -0.3 is 25.3 Å². The fraction of sp³-hybridized carbons (Fsp3) is 0.567. The summed E-state index contributed by atoms with van der Waals surface area (Å²) in [6, 6.07) is 9.02. The molecule has 0 bridgehead atoms. The molecular formula is C30H43N7O. The van der Waals surface area contributed by atoms with Crippen molar-refractivity contribution in [2.45, 2.75) is 90.3 Å². The Hall–Kier alpha value is -2.97. The second kappa shape index (κ2) is 10.7. The van der Waals surface area contributed by atoms with Crippen LogP contribution in [0.4, 0.5) is 5.82 Å². The molecule has 0 spiro atoms. The van der Waals surface area contributed by atoms with E-state index in [9.17, 15) is 5.11 Å². The Balaban J connectivity index is 1.15. The van der Waals surface area contributed by atoms with Crippen LogP contribution < -0.4 is 5.73 Å². The van der Waals surface area contributed by atoms with E-state index in [0.717, 1.165) is 73.1 Å². The number of nitrogen functional groups attached to an aromatic ring is 1. The van der Waals surface area contributed by atoms with Gasteiger partial charge in [0, 0.05) is 25.2 Å². The topological polar surface area (TPSA) is 109 Å². The van der Waals surface area contributed by atoms with Gasteiger partial charge in [-0.2, -0.15) is 0 Å². The van der Waals surface area contributed by atoms with Crippen LogP contribution in [0.25, 0.3) is 22.1 Å². The lowest BCUT2D eigenvalue weighted by Crippen LogP contribution is -2.36.